The summed E-state index contributed by atoms with van der Waals surface area (Å²) in [5.74, 6) is 0.598. The van der Waals surface area contributed by atoms with E-state index in [0.717, 1.165) is 37.4 Å². The van der Waals surface area contributed by atoms with E-state index in [1.54, 1.807) is 6.20 Å². The molecule has 0 aromatic carbocycles. The van der Waals surface area contributed by atoms with Crippen molar-refractivity contribution in [2.75, 3.05) is 19.6 Å². The van der Waals surface area contributed by atoms with E-state index in [-0.39, 0.29) is 23.9 Å². The lowest BCUT2D eigenvalue weighted by Gasteiger charge is -2.30. The number of hydrogen-bond donors (Lipinski definition) is 3. The smallest absolute Gasteiger partial charge is 0.273 e. The summed E-state index contributed by atoms with van der Waals surface area (Å²) in [4.78, 5) is 30.9. The number of hydrogen-bond acceptors (Lipinski definition) is 6. The third-order valence-electron chi connectivity index (χ3n) is 5.80. The van der Waals surface area contributed by atoms with Gasteiger partial charge in [-0.15, -0.1) is 0 Å². The molecule has 1 aliphatic carbocycles. The van der Waals surface area contributed by atoms with Crippen LogP contribution in [0.5, 0.6) is 0 Å². The van der Waals surface area contributed by atoms with E-state index in [1.807, 2.05) is 6.07 Å². The lowest BCUT2D eigenvalue weighted by molar-refractivity contribution is -0.122. The molecule has 1 saturated heterocycles. The van der Waals surface area contributed by atoms with Gasteiger partial charge in [0.25, 0.3) is 5.91 Å². The van der Waals surface area contributed by atoms with Gasteiger partial charge in [-0.25, -0.2) is 4.98 Å². The van der Waals surface area contributed by atoms with E-state index in [0.29, 0.717) is 25.2 Å². The van der Waals surface area contributed by atoms with E-state index >= 15 is 0 Å². The molecular weight excluding hydrogens is 372 g/mol. The zero-order valence-electron chi connectivity index (χ0n) is 16.5. The Hall–Kier alpha value is -2.68. The molecule has 1 saturated carbocycles. The Labute approximate surface area is 169 Å². The highest BCUT2D eigenvalue weighted by Crippen LogP contribution is 2.35. The van der Waals surface area contributed by atoms with E-state index in [1.165, 1.54) is 25.5 Å². The van der Waals surface area contributed by atoms with Crippen LogP contribution in [0.15, 0.2) is 29.3 Å². The van der Waals surface area contributed by atoms with Crippen molar-refractivity contribution in [2.24, 2.45) is 5.92 Å². The third kappa shape index (κ3) is 5.44. The monoisotopic (exact) mass is 400 g/mol. The minimum Gasteiger partial charge on any atom is -0.451 e. The van der Waals surface area contributed by atoms with Crippen molar-refractivity contribution in [3.05, 3.63) is 36.3 Å². The molecule has 9 nitrogen and oxygen atoms in total. The Morgan fingerprint density at radius 3 is 2.79 bits per heavy atom. The highest BCUT2D eigenvalue weighted by molar-refractivity contribution is 5.91. The second-order valence-corrected chi connectivity index (χ2v) is 7.99. The summed E-state index contributed by atoms with van der Waals surface area (Å²) < 4.78 is 4.87. The first kappa shape index (κ1) is 19.6. The summed E-state index contributed by atoms with van der Waals surface area (Å²) >= 11 is 0. The van der Waals surface area contributed by atoms with E-state index in [4.69, 9.17) is 4.42 Å². The van der Waals surface area contributed by atoms with Crippen molar-refractivity contribution in [1.29, 1.82) is 0 Å². The Morgan fingerprint density at radius 2 is 2.07 bits per heavy atom. The molecule has 2 atom stereocenters. The molecule has 9 heteroatoms. The van der Waals surface area contributed by atoms with Crippen molar-refractivity contribution < 1.29 is 14.0 Å². The number of oxazole rings is 1. The van der Waals surface area contributed by atoms with E-state index < -0.39 is 0 Å². The zero-order chi connectivity index (χ0) is 20.1. The Balaban J connectivity index is 1.26. The Morgan fingerprint density at radius 1 is 1.21 bits per heavy atom. The van der Waals surface area contributed by atoms with Crippen LogP contribution in [0, 0.1) is 5.92 Å². The second-order valence-electron chi connectivity index (χ2n) is 7.99. The number of likely N-dealkylation sites (tertiary alicyclic amines) is 1. The standard InChI is InChI=1S/C20H28N6O3/c27-19(21-7-5-15-6-8-24-25-15)9-16-3-4-17(26(16)11-14-1-2-14)10-22-20(28)18-12-29-13-23-18/h6,8,12-14,16-17H,1-5,7,9-11H2,(H,21,27)(H,22,28)(H,24,25)/t16-,17+/m1/s1. The average Bonchev–Trinajstić information content (AvgIpc) is 3.11. The van der Waals surface area contributed by atoms with Gasteiger partial charge in [0.1, 0.15) is 6.26 Å². The topological polar surface area (TPSA) is 116 Å². The van der Waals surface area contributed by atoms with Crippen LogP contribution in [0.25, 0.3) is 0 Å². The van der Waals surface area contributed by atoms with Gasteiger partial charge >= 0.3 is 0 Å². The number of carbonyl (C=O) groups is 2. The molecule has 0 radical (unpaired) electrons. The first-order chi connectivity index (χ1) is 14.2. The van der Waals surface area contributed by atoms with Crippen LogP contribution in [0.4, 0.5) is 0 Å². The molecule has 2 aromatic heterocycles. The van der Waals surface area contributed by atoms with Crippen LogP contribution in [-0.4, -0.2) is 63.6 Å². The minimum atomic E-state index is -0.217. The molecule has 0 spiro atoms. The van der Waals surface area contributed by atoms with Gasteiger partial charge in [-0.3, -0.25) is 19.6 Å². The second kappa shape index (κ2) is 9.21. The van der Waals surface area contributed by atoms with Crippen molar-refractivity contribution in [2.45, 2.75) is 50.6 Å². The summed E-state index contributed by atoms with van der Waals surface area (Å²) in [6, 6.07) is 2.41. The fraction of sp³-hybridized carbons (Fsp3) is 0.600. The molecule has 2 fully saturated rings. The molecule has 2 aromatic rings. The lowest BCUT2D eigenvalue weighted by Crippen LogP contribution is -2.45. The van der Waals surface area contributed by atoms with E-state index in [9.17, 15) is 9.59 Å². The quantitative estimate of drug-likeness (QED) is 0.550. The summed E-state index contributed by atoms with van der Waals surface area (Å²) in [5.41, 5.74) is 1.31. The maximum absolute atomic E-state index is 12.5. The highest BCUT2D eigenvalue weighted by Gasteiger charge is 2.38. The van der Waals surface area contributed by atoms with Gasteiger partial charge in [-0.1, -0.05) is 0 Å². The van der Waals surface area contributed by atoms with Crippen molar-refractivity contribution in [3.8, 4) is 0 Å². The predicted molar refractivity (Wildman–Crippen MR) is 105 cm³/mol. The van der Waals surface area contributed by atoms with Gasteiger partial charge in [-0.05, 0) is 37.7 Å². The fourth-order valence-electron chi connectivity index (χ4n) is 4.02. The van der Waals surface area contributed by atoms with Gasteiger partial charge < -0.3 is 15.1 Å². The largest absolute Gasteiger partial charge is 0.451 e. The van der Waals surface area contributed by atoms with Gasteiger partial charge in [0, 0.05) is 56.5 Å². The van der Waals surface area contributed by atoms with E-state index in [2.05, 4.69) is 30.7 Å². The maximum atomic E-state index is 12.5. The normalized spacial score (nSPS) is 21.9. The first-order valence-electron chi connectivity index (χ1n) is 10.4. The molecule has 2 amide bonds. The zero-order valence-corrected chi connectivity index (χ0v) is 16.5. The Bertz CT molecular complexity index is 787. The molecule has 3 N–H and O–H groups in total. The number of aromatic nitrogens is 3. The molecule has 156 valence electrons. The lowest BCUT2D eigenvalue weighted by atomic mass is 10.1. The number of aromatic amines is 1. The number of rotatable bonds is 10. The fourth-order valence-corrected chi connectivity index (χ4v) is 4.02. The van der Waals surface area contributed by atoms with Gasteiger partial charge in [0.2, 0.25) is 5.91 Å². The molecular formula is C20H28N6O3. The summed E-state index contributed by atoms with van der Waals surface area (Å²) in [6.45, 7) is 2.18. The maximum Gasteiger partial charge on any atom is 0.273 e. The van der Waals surface area contributed by atoms with Crippen LogP contribution in [0.3, 0.4) is 0 Å². The molecule has 4 rings (SSSR count). The first-order valence-corrected chi connectivity index (χ1v) is 10.4. The molecule has 1 aliphatic heterocycles. The van der Waals surface area contributed by atoms with Gasteiger partial charge in [0.05, 0.1) is 0 Å². The summed E-state index contributed by atoms with van der Waals surface area (Å²) in [7, 11) is 0. The molecule has 29 heavy (non-hydrogen) atoms. The van der Waals surface area contributed by atoms with Crippen LogP contribution >= 0.6 is 0 Å². The Kier molecular flexibility index (Phi) is 6.24. The third-order valence-corrected chi connectivity index (χ3v) is 5.80. The summed E-state index contributed by atoms with van der Waals surface area (Å²) in [5, 5.41) is 12.8. The van der Waals surface area contributed by atoms with Crippen LogP contribution < -0.4 is 10.6 Å². The van der Waals surface area contributed by atoms with Gasteiger partial charge in [0.15, 0.2) is 12.1 Å². The summed E-state index contributed by atoms with van der Waals surface area (Å²) in [6.07, 6.45) is 10.1. The number of nitrogens with zero attached hydrogens (tertiary/aromatic N) is 3. The highest BCUT2D eigenvalue weighted by atomic mass is 16.3. The minimum absolute atomic E-state index is 0.0857. The SMILES string of the molecule is O=C(C[C@H]1CC[C@@H](CNC(=O)c2cocn2)N1CC1CC1)NCCc1ccn[nH]1. The van der Waals surface area contributed by atoms with Crippen molar-refractivity contribution >= 4 is 11.8 Å². The van der Waals surface area contributed by atoms with Crippen molar-refractivity contribution in [1.82, 2.24) is 30.7 Å². The number of carbonyl (C=O) groups excluding carboxylic acids is 2. The molecule has 0 bridgehead atoms. The van der Waals surface area contributed by atoms with Crippen LogP contribution in [0.2, 0.25) is 0 Å². The molecule has 2 aliphatic rings. The number of nitrogens with one attached hydrogen (secondary N) is 3. The average molecular weight is 400 g/mol. The van der Waals surface area contributed by atoms with Crippen LogP contribution in [0.1, 0.15) is 48.3 Å². The van der Waals surface area contributed by atoms with Crippen molar-refractivity contribution in [3.63, 3.8) is 0 Å². The van der Waals surface area contributed by atoms with Crippen LogP contribution in [-0.2, 0) is 11.2 Å². The predicted octanol–water partition coefficient (Wildman–Crippen LogP) is 1.12. The van der Waals surface area contributed by atoms with Gasteiger partial charge in [-0.2, -0.15) is 5.10 Å². The molecule has 3 heterocycles. The molecule has 0 unspecified atom stereocenters. The number of H-pyrrole nitrogens is 1. The number of amides is 2.